The lowest BCUT2D eigenvalue weighted by atomic mass is 9.99. The third-order valence-corrected chi connectivity index (χ3v) is 6.38. The summed E-state index contributed by atoms with van der Waals surface area (Å²) in [5.74, 6) is 1.82. The van der Waals surface area contributed by atoms with Gasteiger partial charge in [-0.25, -0.2) is 0 Å². The molecule has 0 atom stereocenters. The van der Waals surface area contributed by atoms with Crippen molar-refractivity contribution in [3.8, 4) is 11.5 Å². The molecule has 0 aliphatic carbocycles. The van der Waals surface area contributed by atoms with Crippen molar-refractivity contribution >= 4 is 16.8 Å². The first kappa shape index (κ1) is 19.8. The van der Waals surface area contributed by atoms with Crippen molar-refractivity contribution in [2.75, 3.05) is 33.0 Å². The first-order chi connectivity index (χ1) is 15.1. The van der Waals surface area contributed by atoms with Crippen molar-refractivity contribution in [1.29, 1.82) is 0 Å². The van der Waals surface area contributed by atoms with Gasteiger partial charge in [-0.1, -0.05) is 24.3 Å². The molecule has 2 aliphatic rings. The zero-order valence-corrected chi connectivity index (χ0v) is 18.1. The van der Waals surface area contributed by atoms with Crippen LogP contribution in [0.3, 0.4) is 0 Å². The standard InChI is InChI=1S/C25H27N3O3/c1-17-20-5-3-4-6-22(20)26-18(2)21(17)14-25(29)28-11-9-27(10-12-28)15-19-7-8-23-24(13-19)31-16-30-23/h3-8,13H,9-12,14-16H2,1-2H3. The number of hydrogen-bond donors (Lipinski definition) is 0. The SMILES string of the molecule is Cc1nc2ccccc2c(C)c1CC(=O)N1CCN(Cc2ccc3c(c2)OCO3)CC1. The first-order valence-corrected chi connectivity index (χ1v) is 10.8. The molecule has 0 N–H and O–H groups in total. The van der Waals surface area contributed by atoms with Crippen LogP contribution in [0.4, 0.5) is 0 Å². The summed E-state index contributed by atoms with van der Waals surface area (Å²) in [6.45, 7) is 8.50. The molecule has 3 heterocycles. The number of piperazine rings is 1. The smallest absolute Gasteiger partial charge is 0.231 e. The zero-order valence-electron chi connectivity index (χ0n) is 18.1. The van der Waals surface area contributed by atoms with E-state index in [1.165, 1.54) is 5.56 Å². The number of rotatable bonds is 4. The second-order valence-electron chi connectivity index (χ2n) is 8.34. The van der Waals surface area contributed by atoms with Gasteiger partial charge in [0, 0.05) is 43.8 Å². The Morgan fingerprint density at radius 3 is 2.61 bits per heavy atom. The van der Waals surface area contributed by atoms with Crippen molar-refractivity contribution in [2.24, 2.45) is 0 Å². The fraction of sp³-hybridized carbons (Fsp3) is 0.360. The minimum atomic E-state index is 0.186. The van der Waals surface area contributed by atoms with Crippen LogP contribution in [-0.2, 0) is 17.8 Å². The molecule has 6 nitrogen and oxygen atoms in total. The molecule has 160 valence electrons. The second kappa shape index (κ2) is 8.19. The Morgan fingerprint density at radius 2 is 1.77 bits per heavy atom. The molecule has 6 heteroatoms. The summed E-state index contributed by atoms with van der Waals surface area (Å²) in [5, 5.41) is 1.13. The zero-order chi connectivity index (χ0) is 21.4. The van der Waals surface area contributed by atoms with Crippen LogP contribution in [0.1, 0.15) is 22.4 Å². The summed E-state index contributed by atoms with van der Waals surface area (Å²) in [4.78, 5) is 22.1. The van der Waals surface area contributed by atoms with Gasteiger partial charge in [-0.15, -0.1) is 0 Å². The number of aromatic nitrogens is 1. The number of aryl methyl sites for hydroxylation is 2. The average molecular weight is 418 g/mol. The highest BCUT2D eigenvalue weighted by Gasteiger charge is 2.23. The average Bonchev–Trinajstić information content (AvgIpc) is 3.25. The molecule has 1 amide bonds. The van der Waals surface area contributed by atoms with E-state index < -0.39 is 0 Å². The van der Waals surface area contributed by atoms with Crippen LogP contribution in [0.15, 0.2) is 42.5 Å². The predicted octanol–water partition coefficient (Wildman–Crippen LogP) is 3.47. The molecule has 0 spiro atoms. The van der Waals surface area contributed by atoms with Crippen molar-refractivity contribution in [3.05, 3.63) is 64.8 Å². The molecule has 5 rings (SSSR count). The van der Waals surface area contributed by atoms with Gasteiger partial charge in [0.05, 0.1) is 11.9 Å². The summed E-state index contributed by atoms with van der Waals surface area (Å²) >= 11 is 0. The molecule has 1 fully saturated rings. The summed E-state index contributed by atoms with van der Waals surface area (Å²) in [5.41, 5.74) is 5.37. The molecular formula is C25H27N3O3. The lowest BCUT2D eigenvalue weighted by Crippen LogP contribution is -2.48. The van der Waals surface area contributed by atoms with Gasteiger partial charge in [-0.2, -0.15) is 0 Å². The highest BCUT2D eigenvalue weighted by Crippen LogP contribution is 2.33. The number of para-hydroxylation sites is 1. The molecule has 0 unspecified atom stereocenters. The fourth-order valence-corrected chi connectivity index (χ4v) is 4.55. The van der Waals surface area contributed by atoms with Crippen molar-refractivity contribution in [1.82, 2.24) is 14.8 Å². The first-order valence-electron chi connectivity index (χ1n) is 10.8. The van der Waals surface area contributed by atoms with Gasteiger partial charge in [-0.05, 0) is 48.7 Å². The normalized spacial score (nSPS) is 16.1. The number of hydrogen-bond acceptors (Lipinski definition) is 5. The van der Waals surface area contributed by atoms with Crippen LogP contribution >= 0.6 is 0 Å². The highest BCUT2D eigenvalue weighted by atomic mass is 16.7. The topological polar surface area (TPSA) is 54.9 Å². The number of pyridine rings is 1. The summed E-state index contributed by atoms with van der Waals surface area (Å²) in [7, 11) is 0. The summed E-state index contributed by atoms with van der Waals surface area (Å²) in [6.07, 6.45) is 0.414. The van der Waals surface area contributed by atoms with E-state index >= 15 is 0 Å². The van der Waals surface area contributed by atoms with Crippen molar-refractivity contribution < 1.29 is 14.3 Å². The van der Waals surface area contributed by atoms with Gasteiger partial charge >= 0.3 is 0 Å². The Morgan fingerprint density at radius 1 is 1.00 bits per heavy atom. The molecule has 0 bridgehead atoms. The number of ether oxygens (including phenoxy) is 2. The van der Waals surface area contributed by atoms with E-state index in [2.05, 4.69) is 30.0 Å². The van der Waals surface area contributed by atoms with Gasteiger partial charge in [-0.3, -0.25) is 14.7 Å². The molecule has 1 aromatic heterocycles. The Hall–Kier alpha value is -3.12. The van der Waals surface area contributed by atoms with E-state index in [1.807, 2.05) is 36.1 Å². The third kappa shape index (κ3) is 3.95. The molecule has 31 heavy (non-hydrogen) atoms. The largest absolute Gasteiger partial charge is 0.454 e. The Balaban J connectivity index is 1.21. The molecule has 3 aromatic rings. The van der Waals surface area contributed by atoms with Crippen LogP contribution in [0.2, 0.25) is 0 Å². The Labute approximate surface area is 182 Å². The van der Waals surface area contributed by atoms with Crippen LogP contribution < -0.4 is 9.47 Å². The summed E-state index contributed by atoms with van der Waals surface area (Å²) < 4.78 is 10.9. The minimum Gasteiger partial charge on any atom is -0.454 e. The van der Waals surface area contributed by atoms with Gasteiger partial charge in [0.25, 0.3) is 0 Å². The van der Waals surface area contributed by atoms with Crippen molar-refractivity contribution in [3.63, 3.8) is 0 Å². The minimum absolute atomic E-state index is 0.186. The van der Waals surface area contributed by atoms with Crippen LogP contribution in [0, 0.1) is 13.8 Å². The molecule has 0 radical (unpaired) electrons. The number of carbonyl (C=O) groups excluding carboxylic acids is 1. The summed E-state index contributed by atoms with van der Waals surface area (Å²) in [6, 6.07) is 14.3. The number of nitrogens with zero attached hydrogens (tertiary/aromatic N) is 3. The van der Waals surface area contributed by atoms with E-state index in [-0.39, 0.29) is 5.91 Å². The van der Waals surface area contributed by atoms with E-state index in [4.69, 9.17) is 14.5 Å². The van der Waals surface area contributed by atoms with E-state index in [0.29, 0.717) is 13.2 Å². The van der Waals surface area contributed by atoms with Gasteiger partial charge in [0.1, 0.15) is 0 Å². The quantitative estimate of drug-likeness (QED) is 0.651. The number of amides is 1. The van der Waals surface area contributed by atoms with E-state index in [0.717, 1.165) is 71.9 Å². The molecule has 2 aromatic carbocycles. The highest BCUT2D eigenvalue weighted by molar-refractivity contribution is 5.86. The monoisotopic (exact) mass is 417 g/mol. The maximum atomic E-state index is 13.1. The molecule has 1 saturated heterocycles. The lowest BCUT2D eigenvalue weighted by Gasteiger charge is -2.35. The second-order valence-corrected chi connectivity index (χ2v) is 8.34. The fourth-order valence-electron chi connectivity index (χ4n) is 4.55. The van der Waals surface area contributed by atoms with E-state index in [9.17, 15) is 4.79 Å². The third-order valence-electron chi connectivity index (χ3n) is 6.38. The number of carbonyl (C=O) groups is 1. The van der Waals surface area contributed by atoms with Gasteiger partial charge < -0.3 is 14.4 Å². The number of fused-ring (bicyclic) bond motifs is 2. The van der Waals surface area contributed by atoms with Crippen LogP contribution in [0.25, 0.3) is 10.9 Å². The maximum Gasteiger partial charge on any atom is 0.231 e. The molecule has 0 saturated carbocycles. The van der Waals surface area contributed by atoms with Crippen LogP contribution in [0.5, 0.6) is 11.5 Å². The molecular weight excluding hydrogens is 390 g/mol. The van der Waals surface area contributed by atoms with Crippen LogP contribution in [-0.4, -0.2) is 53.7 Å². The lowest BCUT2D eigenvalue weighted by molar-refractivity contribution is -0.132. The predicted molar refractivity (Wildman–Crippen MR) is 119 cm³/mol. The Bertz CT molecular complexity index is 1140. The van der Waals surface area contributed by atoms with Crippen molar-refractivity contribution in [2.45, 2.75) is 26.8 Å². The van der Waals surface area contributed by atoms with Gasteiger partial charge in [0.15, 0.2) is 11.5 Å². The molecule has 2 aliphatic heterocycles. The Kier molecular flexibility index (Phi) is 5.24. The number of benzene rings is 2. The van der Waals surface area contributed by atoms with Gasteiger partial charge in [0.2, 0.25) is 12.7 Å². The maximum absolute atomic E-state index is 13.1. The van der Waals surface area contributed by atoms with E-state index in [1.54, 1.807) is 0 Å².